The summed E-state index contributed by atoms with van der Waals surface area (Å²) in [7, 11) is 0. The molecule has 0 saturated heterocycles. The summed E-state index contributed by atoms with van der Waals surface area (Å²) in [5.41, 5.74) is 0. The molecule has 0 aromatic carbocycles. The second-order valence-electron chi connectivity index (χ2n) is 3.41. The minimum atomic E-state index is 0.0287. The second kappa shape index (κ2) is 6.58. The first-order chi connectivity index (χ1) is 7.24. The first kappa shape index (κ1) is 12.2. The van der Waals surface area contributed by atoms with Crippen molar-refractivity contribution in [2.75, 3.05) is 13.1 Å². The van der Waals surface area contributed by atoms with E-state index in [9.17, 15) is 4.79 Å². The zero-order chi connectivity index (χ0) is 11.1. The molecule has 0 radical (unpaired) electrons. The van der Waals surface area contributed by atoms with Crippen LogP contribution in [0.25, 0.3) is 0 Å². The molecule has 0 aliphatic carbocycles. The van der Waals surface area contributed by atoms with Gasteiger partial charge in [0.25, 0.3) is 0 Å². The number of rotatable bonds is 6. The number of hydrogen-bond donors (Lipinski definition) is 2. The van der Waals surface area contributed by atoms with Crippen LogP contribution in [0.4, 0.5) is 0 Å². The van der Waals surface area contributed by atoms with Crippen molar-refractivity contribution < 1.29 is 4.79 Å². The van der Waals surface area contributed by atoms with Gasteiger partial charge in [0, 0.05) is 30.9 Å². The maximum absolute atomic E-state index is 10.6. The summed E-state index contributed by atoms with van der Waals surface area (Å²) in [5, 5.41) is 8.29. The van der Waals surface area contributed by atoms with Crippen molar-refractivity contribution in [3.8, 4) is 0 Å². The zero-order valence-electron chi connectivity index (χ0n) is 9.25. The molecule has 0 spiro atoms. The first-order valence-electron chi connectivity index (χ1n) is 5.25. The van der Waals surface area contributed by atoms with Gasteiger partial charge in [0.2, 0.25) is 5.91 Å². The van der Waals surface area contributed by atoms with E-state index in [0.29, 0.717) is 12.6 Å². The Balaban J connectivity index is 2.26. The van der Waals surface area contributed by atoms with Gasteiger partial charge in [-0.15, -0.1) is 11.3 Å². The maximum atomic E-state index is 10.6. The largest absolute Gasteiger partial charge is 0.355 e. The van der Waals surface area contributed by atoms with E-state index in [1.165, 1.54) is 11.8 Å². The highest BCUT2D eigenvalue weighted by Crippen LogP contribution is 2.20. The molecule has 2 N–H and O–H groups in total. The maximum Gasteiger partial charge on any atom is 0.216 e. The van der Waals surface area contributed by atoms with Crippen LogP contribution in [0.15, 0.2) is 17.5 Å². The lowest BCUT2D eigenvalue weighted by Crippen LogP contribution is -2.32. The summed E-state index contributed by atoms with van der Waals surface area (Å²) in [6.07, 6.45) is 1.07. The van der Waals surface area contributed by atoms with Crippen LogP contribution < -0.4 is 10.6 Å². The van der Waals surface area contributed by atoms with E-state index in [1.54, 1.807) is 11.3 Å². The van der Waals surface area contributed by atoms with Crippen molar-refractivity contribution in [1.82, 2.24) is 10.6 Å². The Kier molecular flexibility index (Phi) is 5.36. The molecule has 0 fully saturated rings. The summed E-state index contributed by atoms with van der Waals surface area (Å²) in [6, 6.07) is 4.63. The smallest absolute Gasteiger partial charge is 0.216 e. The van der Waals surface area contributed by atoms with E-state index in [-0.39, 0.29) is 5.91 Å². The Labute approximate surface area is 94.9 Å². The number of carbonyl (C=O) groups is 1. The van der Waals surface area contributed by atoms with Gasteiger partial charge >= 0.3 is 0 Å². The van der Waals surface area contributed by atoms with Crippen LogP contribution in [0.5, 0.6) is 0 Å². The lowest BCUT2D eigenvalue weighted by molar-refractivity contribution is -0.118. The molecule has 0 aliphatic heterocycles. The number of amides is 1. The van der Waals surface area contributed by atoms with Gasteiger partial charge in [-0.05, 0) is 17.9 Å². The predicted molar refractivity (Wildman–Crippen MR) is 64.0 cm³/mol. The van der Waals surface area contributed by atoms with Crippen molar-refractivity contribution in [3.05, 3.63) is 22.4 Å². The summed E-state index contributed by atoms with van der Waals surface area (Å²) in [4.78, 5) is 12.0. The average Bonchev–Trinajstić information content (AvgIpc) is 2.70. The SMILES string of the molecule is CCC(NCCNC(C)=O)c1cccs1. The van der Waals surface area contributed by atoms with Crippen molar-refractivity contribution in [2.45, 2.75) is 26.3 Å². The predicted octanol–water partition coefficient (Wildman–Crippen LogP) is 1.92. The van der Waals surface area contributed by atoms with E-state index in [4.69, 9.17) is 0 Å². The molecule has 15 heavy (non-hydrogen) atoms. The first-order valence-corrected chi connectivity index (χ1v) is 6.13. The molecule has 1 atom stereocenters. The summed E-state index contributed by atoms with van der Waals surface area (Å²) in [5.74, 6) is 0.0287. The second-order valence-corrected chi connectivity index (χ2v) is 4.39. The fourth-order valence-electron chi connectivity index (χ4n) is 1.42. The standard InChI is InChI=1S/C11H18N2OS/c1-3-10(11-5-4-8-15-11)13-7-6-12-9(2)14/h4-5,8,10,13H,3,6-7H2,1-2H3,(H,12,14). The van der Waals surface area contributed by atoms with Crippen molar-refractivity contribution in [1.29, 1.82) is 0 Å². The fourth-order valence-corrected chi connectivity index (χ4v) is 2.31. The molecule has 1 heterocycles. The van der Waals surface area contributed by atoms with Crippen LogP contribution in [0, 0.1) is 0 Å². The van der Waals surface area contributed by atoms with E-state index < -0.39 is 0 Å². The number of carbonyl (C=O) groups excluding carboxylic acids is 1. The Morgan fingerprint density at radius 3 is 2.87 bits per heavy atom. The van der Waals surface area contributed by atoms with Crippen LogP contribution in [0.2, 0.25) is 0 Å². The van der Waals surface area contributed by atoms with Crippen LogP contribution in [-0.4, -0.2) is 19.0 Å². The molecular formula is C11H18N2OS. The third-order valence-electron chi connectivity index (χ3n) is 2.18. The van der Waals surface area contributed by atoms with Crippen molar-refractivity contribution in [3.63, 3.8) is 0 Å². The van der Waals surface area contributed by atoms with E-state index in [0.717, 1.165) is 13.0 Å². The molecule has 3 nitrogen and oxygen atoms in total. The van der Waals surface area contributed by atoms with Gasteiger partial charge in [-0.3, -0.25) is 4.79 Å². The van der Waals surface area contributed by atoms with Gasteiger partial charge in [-0.1, -0.05) is 13.0 Å². The minimum Gasteiger partial charge on any atom is -0.355 e. The minimum absolute atomic E-state index is 0.0287. The Hall–Kier alpha value is -0.870. The fraction of sp³-hybridized carbons (Fsp3) is 0.545. The van der Waals surface area contributed by atoms with E-state index in [2.05, 4.69) is 35.1 Å². The van der Waals surface area contributed by atoms with Crippen molar-refractivity contribution in [2.24, 2.45) is 0 Å². The molecule has 0 aliphatic rings. The third-order valence-corrected chi connectivity index (χ3v) is 3.17. The molecule has 1 amide bonds. The van der Waals surface area contributed by atoms with Gasteiger partial charge in [-0.25, -0.2) is 0 Å². The normalized spacial score (nSPS) is 12.4. The van der Waals surface area contributed by atoms with Crippen molar-refractivity contribution >= 4 is 17.2 Å². The zero-order valence-corrected chi connectivity index (χ0v) is 10.1. The highest BCUT2D eigenvalue weighted by Gasteiger charge is 2.08. The van der Waals surface area contributed by atoms with E-state index >= 15 is 0 Å². The van der Waals surface area contributed by atoms with Gasteiger partial charge in [0.15, 0.2) is 0 Å². The van der Waals surface area contributed by atoms with E-state index in [1.807, 2.05) is 0 Å². The quantitative estimate of drug-likeness (QED) is 0.728. The van der Waals surface area contributed by atoms with Gasteiger partial charge < -0.3 is 10.6 Å². The third kappa shape index (κ3) is 4.44. The number of nitrogens with one attached hydrogen (secondary N) is 2. The molecule has 0 bridgehead atoms. The van der Waals surface area contributed by atoms with Gasteiger partial charge in [-0.2, -0.15) is 0 Å². The van der Waals surface area contributed by atoms with Crippen LogP contribution in [0.3, 0.4) is 0 Å². The number of hydrogen-bond acceptors (Lipinski definition) is 3. The summed E-state index contributed by atoms with van der Waals surface area (Å²) < 4.78 is 0. The highest BCUT2D eigenvalue weighted by molar-refractivity contribution is 7.10. The molecule has 4 heteroatoms. The molecular weight excluding hydrogens is 208 g/mol. The molecule has 84 valence electrons. The van der Waals surface area contributed by atoms with Crippen LogP contribution >= 0.6 is 11.3 Å². The van der Waals surface area contributed by atoms with Crippen LogP contribution in [0.1, 0.15) is 31.2 Å². The lowest BCUT2D eigenvalue weighted by atomic mass is 10.2. The topological polar surface area (TPSA) is 41.1 Å². The van der Waals surface area contributed by atoms with Gasteiger partial charge in [0.05, 0.1) is 0 Å². The van der Waals surface area contributed by atoms with Gasteiger partial charge in [0.1, 0.15) is 0 Å². The Bertz CT molecular complexity index is 285. The molecule has 0 saturated carbocycles. The summed E-state index contributed by atoms with van der Waals surface area (Å²) >= 11 is 1.77. The Morgan fingerprint density at radius 2 is 2.33 bits per heavy atom. The van der Waals surface area contributed by atoms with Crippen LogP contribution in [-0.2, 0) is 4.79 Å². The molecule has 1 aromatic heterocycles. The molecule has 1 aromatic rings. The molecule has 1 rings (SSSR count). The molecule has 1 unspecified atom stereocenters. The summed E-state index contributed by atoms with van der Waals surface area (Å²) in [6.45, 7) is 5.21. The monoisotopic (exact) mass is 226 g/mol. The Morgan fingerprint density at radius 1 is 1.53 bits per heavy atom. The lowest BCUT2D eigenvalue weighted by Gasteiger charge is -2.15. The average molecular weight is 226 g/mol. The highest BCUT2D eigenvalue weighted by atomic mass is 32.1. The number of thiophene rings is 1.